The summed E-state index contributed by atoms with van der Waals surface area (Å²) in [6, 6.07) is 11.9. The van der Waals surface area contributed by atoms with Gasteiger partial charge in [0.2, 0.25) is 5.60 Å². The second kappa shape index (κ2) is 8.12. The van der Waals surface area contributed by atoms with Crippen LogP contribution in [0.4, 0.5) is 13.2 Å². The summed E-state index contributed by atoms with van der Waals surface area (Å²) < 4.78 is 46.8. The molecule has 1 amide bonds. The van der Waals surface area contributed by atoms with Crippen LogP contribution in [-0.2, 0) is 12.1 Å². The number of rotatable bonds is 7. The Kier molecular flexibility index (Phi) is 5.78. The minimum Gasteiger partial charge on any atom is -0.463 e. The van der Waals surface area contributed by atoms with Crippen LogP contribution in [0.25, 0.3) is 0 Å². The van der Waals surface area contributed by atoms with Crippen molar-refractivity contribution in [3.63, 3.8) is 0 Å². The summed E-state index contributed by atoms with van der Waals surface area (Å²) in [5.74, 6) is -0.936. The van der Waals surface area contributed by atoms with Crippen LogP contribution in [0.2, 0.25) is 0 Å². The Bertz CT molecular complexity index is 966. The van der Waals surface area contributed by atoms with E-state index in [0.717, 1.165) is 11.6 Å². The zero-order valence-corrected chi connectivity index (χ0v) is 15.6. The van der Waals surface area contributed by atoms with Gasteiger partial charge in [0.15, 0.2) is 0 Å². The second-order valence-corrected chi connectivity index (χ2v) is 6.69. The number of hydrogen-bond acceptors (Lipinski definition) is 4. The number of carbonyl (C=O) groups is 1. The van der Waals surface area contributed by atoms with Crippen molar-refractivity contribution >= 4 is 5.91 Å². The molecule has 29 heavy (non-hydrogen) atoms. The predicted octanol–water partition coefficient (Wildman–Crippen LogP) is 3.40. The van der Waals surface area contributed by atoms with Gasteiger partial charge in [-0.25, -0.2) is 0 Å². The van der Waals surface area contributed by atoms with Crippen LogP contribution in [0.15, 0.2) is 59.3 Å². The lowest BCUT2D eigenvalue weighted by Crippen LogP contribution is -2.44. The molecule has 0 unspecified atom stereocenters. The van der Waals surface area contributed by atoms with E-state index in [-0.39, 0.29) is 11.3 Å². The van der Waals surface area contributed by atoms with Crippen molar-refractivity contribution in [2.75, 3.05) is 6.54 Å². The monoisotopic (exact) mass is 407 g/mol. The maximum Gasteiger partial charge on any atom is 0.424 e. The normalized spacial score (nSPS) is 13.8. The highest BCUT2D eigenvalue weighted by molar-refractivity contribution is 5.93. The summed E-state index contributed by atoms with van der Waals surface area (Å²) >= 11 is 0. The van der Waals surface area contributed by atoms with E-state index in [1.807, 2.05) is 30.3 Å². The summed E-state index contributed by atoms with van der Waals surface area (Å²) in [5, 5.41) is 16.7. The standard InChI is InChI=1S/C20H20F3N3O3/c1-14-7-8-17(29-14)19(28,20(21,22)23)9-10-24-18(27)16-11-25-26(13-16)12-15-5-3-2-4-6-15/h2-8,11,13,28H,9-10,12H2,1H3,(H,24,27)/t19-/m0/s1. The lowest BCUT2D eigenvalue weighted by molar-refractivity contribution is -0.274. The molecule has 0 fully saturated rings. The van der Waals surface area contributed by atoms with Crippen molar-refractivity contribution in [3.8, 4) is 0 Å². The van der Waals surface area contributed by atoms with Crippen LogP contribution >= 0.6 is 0 Å². The van der Waals surface area contributed by atoms with Crippen LogP contribution in [-0.4, -0.2) is 33.5 Å². The third-order valence-electron chi connectivity index (χ3n) is 4.47. The van der Waals surface area contributed by atoms with Gasteiger partial charge in [-0.2, -0.15) is 18.3 Å². The molecular formula is C20H20F3N3O3. The van der Waals surface area contributed by atoms with E-state index in [0.29, 0.717) is 6.54 Å². The zero-order chi connectivity index (χ0) is 21.1. The first-order chi connectivity index (χ1) is 13.7. The molecule has 0 bridgehead atoms. The second-order valence-electron chi connectivity index (χ2n) is 6.69. The number of halogens is 3. The van der Waals surface area contributed by atoms with E-state index >= 15 is 0 Å². The molecule has 3 rings (SSSR count). The van der Waals surface area contributed by atoms with Crippen molar-refractivity contribution in [1.29, 1.82) is 0 Å². The largest absolute Gasteiger partial charge is 0.463 e. The topological polar surface area (TPSA) is 80.3 Å². The summed E-state index contributed by atoms with van der Waals surface area (Å²) in [6.07, 6.45) is -2.89. The van der Waals surface area contributed by atoms with E-state index in [1.165, 1.54) is 25.4 Å². The fraction of sp³-hybridized carbons (Fsp3) is 0.300. The lowest BCUT2D eigenvalue weighted by atomic mass is 9.95. The molecule has 0 aliphatic heterocycles. The minimum atomic E-state index is -4.96. The first-order valence-corrected chi connectivity index (χ1v) is 8.89. The van der Waals surface area contributed by atoms with Crippen LogP contribution in [0.1, 0.15) is 33.9 Å². The average Bonchev–Trinajstić information content (AvgIpc) is 3.31. The van der Waals surface area contributed by atoms with Crippen molar-refractivity contribution in [2.24, 2.45) is 0 Å². The lowest BCUT2D eigenvalue weighted by Gasteiger charge is -2.28. The molecule has 0 saturated heterocycles. The van der Waals surface area contributed by atoms with Gasteiger partial charge >= 0.3 is 6.18 Å². The van der Waals surface area contributed by atoms with Crippen LogP contribution in [0.5, 0.6) is 0 Å². The SMILES string of the molecule is Cc1ccc([C@@](O)(CCNC(=O)c2cnn(Cc3ccccc3)c2)C(F)(F)F)o1. The first-order valence-electron chi connectivity index (χ1n) is 8.89. The van der Waals surface area contributed by atoms with Gasteiger partial charge in [0.1, 0.15) is 11.5 Å². The van der Waals surface area contributed by atoms with E-state index < -0.39 is 36.4 Å². The summed E-state index contributed by atoms with van der Waals surface area (Å²) in [7, 11) is 0. The molecule has 154 valence electrons. The van der Waals surface area contributed by atoms with Crippen molar-refractivity contribution in [1.82, 2.24) is 15.1 Å². The van der Waals surface area contributed by atoms with Gasteiger partial charge in [-0.15, -0.1) is 0 Å². The van der Waals surface area contributed by atoms with Crippen molar-refractivity contribution in [2.45, 2.75) is 31.7 Å². The highest BCUT2D eigenvalue weighted by Crippen LogP contribution is 2.42. The van der Waals surface area contributed by atoms with Crippen molar-refractivity contribution < 1.29 is 27.5 Å². The fourth-order valence-corrected chi connectivity index (χ4v) is 2.86. The van der Waals surface area contributed by atoms with Gasteiger partial charge in [0.05, 0.1) is 18.3 Å². The van der Waals surface area contributed by atoms with E-state index in [1.54, 1.807) is 4.68 Å². The van der Waals surface area contributed by atoms with Crippen LogP contribution < -0.4 is 5.32 Å². The number of benzene rings is 1. The van der Waals surface area contributed by atoms with Gasteiger partial charge in [0.25, 0.3) is 5.91 Å². The highest BCUT2D eigenvalue weighted by atomic mass is 19.4. The van der Waals surface area contributed by atoms with Gasteiger partial charge in [0, 0.05) is 19.2 Å². The zero-order valence-electron chi connectivity index (χ0n) is 15.6. The van der Waals surface area contributed by atoms with Crippen molar-refractivity contribution in [3.05, 3.63) is 77.5 Å². The molecule has 0 aliphatic rings. The highest BCUT2D eigenvalue weighted by Gasteiger charge is 2.56. The number of aromatic nitrogens is 2. The molecule has 6 nitrogen and oxygen atoms in total. The van der Waals surface area contributed by atoms with Crippen LogP contribution in [0, 0.1) is 6.92 Å². The Hall–Kier alpha value is -3.07. The molecule has 3 aromatic rings. The molecule has 0 aliphatic carbocycles. The summed E-state index contributed by atoms with van der Waals surface area (Å²) in [5.41, 5.74) is -1.98. The quantitative estimate of drug-likeness (QED) is 0.629. The molecule has 1 atom stereocenters. The van der Waals surface area contributed by atoms with Gasteiger partial charge in [-0.1, -0.05) is 30.3 Å². The van der Waals surface area contributed by atoms with E-state index in [2.05, 4.69) is 10.4 Å². The third kappa shape index (κ3) is 4.68. The number of hydrogen-bond donors (Lipinski definition) is 2. The van der Waals surface area contributed by atoms with Gasteiger partial charge in [-0.05, 0) is 24.6 Å². The number of alkyl halides is 3. The molecule has 2 heterocycles. The number of aliphatic hydroxyl groups is 1. The Morgan fingerprint density at radius 2 is 1.93 bits per heavy atom. The molecule has 2 aromatic heterocycles. The van der Waals surface area contributed by atoms with Gasteiger partial charge in [-0.3, -0.25) is 9.48 Å². The molecule has 0 spiro atoms. The first kappa shape index (κ1) is 20.7. The number of amides is 1. The Labute approximate surface area is 165 Å². The maximum atomic E-state index is 13.4. The molecule has 0 radical (unpaired) electrons. The average molecular weight is 407 g/mol. The van der Waals surface area contributed by atoms with E-state index in [4.69, 9.17) is 4.42 Å². The molecular weight excluding hydrogens is 387 g/mol. The fourth-order valence-electron chi connectivity index (χ4n) is 2.86. The smallest absolute Gasteiger partial charge is 0.424 e. The molecule has 9 heteroatoms. The minimum absolute atomic E-state index is 0.213. The number of carbonyl (C=O) groups excluding carboxylic acids is 1. The number of nitrogens with one attached hydrogen (secondary N) is 1. The van der Waals surface area contributed by atoms with Gasteiger partial charge < -0.3 is 14.8 Å². The number of aryl methyl sites for hydroxylation is 1. The number of furan rings is 1. The Morgan fingerprint density at radius 3 is 2.55 bits per heavy atom. The third-order valence-corrected chi connectivity index (χ3v) is 4.47. The summed E-state index contributed by atoms with van der Waals surface area (Å²) in [4.78, 5) is 12.2. The Morgan fingerprint density at radius 1 is 1.21 bits per heavy atom. The molecule has 0 saturated carbocycles. The number of nitrogens with zero attached hydrogens (tertiary/aromatic N) is 2. The predicted molar refractivity (Wildman–Crippen MR) is 98.1 cm³/mol. The molecule has 2 N–H and O–H groups in total. The summed E-state index contributed by atoms with van der Waals surface area (Å²) in [6.45, 7) is 1.54. The van der Waals surface area contributed by atoms with E-state index in [9.17, 15) is 23.1 Å². The maximum absolute atomic E-state index is 13.4. The molecule has 1 aromatic carbocycles. The Balaban J connectivity index is 1.61. The van der Waals surface area contributed by atoms with Crippen LogP contribution in [0.3, 0.4) is 0 Å².